The number of carbonyl (C=O) groups is 4. The summed E-state index contributed by atoms with van der Waals surface area (Å²) in [6.45, 7) is 3.61. The molecule has 178 valence electrons. The molecule has 0 bridgehead atoms. The summed E-state index contributed by atoms with van der Waals surface area (Å²) in [6.07, 6.45) is -2.31. The summed E-state index contributed by atoms with van der Waals surface area (Å²) < 4.78 is 5.50. The number of nitrogens with zero attached hydrogens (tertiary/aromatic N) is 1. The predicted octanol–water partition coefficient (Wildman–Crippen LogP) is 2.52. The van der Waals surface area contributed by atoms with Crippen LogP contribution in [-0.4, -0.2) is 52.8 Å². The second kappa shape index (κ2) is 9.64. The van der Waals surface area contributed by atoms with Gasteiger partial charge in [-0.2, -0.15) is 0 Å². The molecule has 3 atom stereocenters. The number of aliphatic hydroxyl groups excluding tert-OH is 1. The average Bonchev–Trinajstić information content (AvgIpc) is 3.29. The molecule has 9 heteroatoms. The highest BCUT2D eigenvalue weighted by molar-refractivity contribution is 6.04. The Hall–Kier alpha value is -3.72. The molecule has 0 radical (unpaired) electrons. The summed E-state index contributed by atoms with van der Waals surface area (Å²) in [6, 6.07) is 14.7. The number of rotatable bonds is 7. The lowest BCUT2D eigenvalue weighted by molar-refractivity contribution is -0.201. The third-order valence-electron chi connectivity index (χ3n) is 6.34. The minimum absolute atomic E-state index is 0.0669. The molecular weight excluding hydrogens is 440 g/mol. The van der Waals surface area contributed by atoms with E-state index in [0.29, 0.717) is 6.42 Å². The van der Waals surface area contributed by atoms with E-state index in [1.807, 2.05) is 55.5 Å². The van der Waals surface area contributed by atoms with Crippen molar-refractivity contribution in [1.29, 1.82) is 0 Å². The van der Waals surface area contributed by atoms with Crippen molar-refractivity contribution in [3.8, 4) is 11.1 Å². The van der Waals surface area contributed by atoms with E-state index in [2.05, 4.69) is 5.32 Å². The van der Waals surface area contributed by atoms with Crippen molar-refractivity contribution in [2.75, 3.05) is 6.61 Å². The second-order valence-electron chi connectivity index (χ2n) is 8.49. The van der Waals surface area contributed by atoms with Crippen LogP contribution in [0.15, 0.2) is 48.5 Å². The van der Waals surface area contributed by atoms with E-state index in [4.69, 9.17) is 9.57 Å². The molecule has 34 heavy (non-hydrogen) atoms. The highest BCUT2D eigenvalue weighted by atomic mass is 16.7. The number of benzene rings is 2. The van der Waals surface area contributed by atoms with Gasteiger partial charge in [0.15, 0.2) is 0 Å². The first-order valence-electron chi connectivity index (χ1n) is 11.2. The van der Waals surface area contributed by atoms with Gasteiger partial charge in [-0.05, 0) is 28.2 Å². The van der Waals surface area contributed by atoms with E-state index in [1.54, 1.807) is 6.92 Å². The van der Waals surface area contributed by atoms with Crippen molar-refractivity contribution in [1.82, 2.24) is 10.4 Å². The van der Waals surface area contributed by atoms with Gasteiger partial charge in [-0.3, -0.25) is 9.59 Å². The summed E-state index contributed by atoms with van der Waals surface area (Å²) in [5.41, 5.74) is 4.30. The van der Waals surface area contributed by atoms with Crippen LogP contribution in [-0.2, 0) is 24.0 Å². The number of hydrogen-bond acceptors (Lipinski definition) is 7. The number of aliphatic hydroxyl groups is 1. The van der Waals surface area contributed by atoms with Gasteiger partial charge >= 0.3 is 12.1 Å². The van der Waals surface area contributed by atoms with E-state index >= 15 is 0 Å². The fourth-order valence-electron chi connectivity index (χ4n) is 4.27. The largest absolute Gasteiger partial charge is 0.449 e. The maximum absolute atomic E-state index is 12.7. The smallest absolute Gasteiger partial charge is 0.407 e. The highest BCUT2D eigenvalue weighted by Gasteiger charge is 2.42. The second-order valence-corrected chi connectivity index (χ2v) is 8.49. The number of nitrogens with one attached hydrogen (secondary N) is 1. The number of carbonyl (C=O) groups excluding carboxylic acids is 4. The Morgan fingerprint density at radius 3 is 2.21 bits per heavy atom. The fraction of sp³-hybridized carbons (Fsp3) is 0.360. The summed E-state index contributed by atoms with van der Waals surface area (Å²) in [7, 11) is 0. The van der Waals surface area contributed by atoms with Crippen molar-refractivity contribution in [3.05, 3.63) is 59.7 Å². The van der Waals surface area contributed by atoms with Crippen LogP contribution >= 0.6 is 0 Å². The zero-order chi connectivity index (χ0) is 24.4. The molecule has 0 saturated carbocycles. The Bertz CT molecular complexity index is 1090. The molecule has 1 aliphatic carbocycles. The Kier molecular flexibility index (Phi) is 6.65. The van der Waals surface area contributed by atoms with Gasteiger partial charge in [0.05, 0.1) is 6.42 Å². The van der Waals surface area contributed by atoms with Crippen LogP contribution in [0.1, 0.15) is 43.7 Å². The monoisotopic (exact) mass is 466 g/mol. The number of hydrogen-bond donors (Lipinski definition) is 2. The first kappa shape index (κ1) is 23.4. The topological polar surface area (TPSA) is 122 Å². The molecule has 0 aromatic heterocycles. The van der Waals surface area contributed by atoms with Crippen LogP contribution in [0.5, 0.6) is 0 Å². The Balaban J connectivity index is 1.43. The zero-order valence-electron chi connectivity index (χ0n) is 18.9. The summed E-state index contributed by atoms with van der Waals surface area (Å²) >= 11 is 0. The standard InChI is InChI=1S/C25H26N2O7/c1-3-14(2)22(24(31)34-27-21(29)12-20(28)23(27)30)26-25(32)33-13-19-17-10-6-4-8-15(17)16-9-5-7-11-18(16)19/h4-11,14,19-20,22,28H,3,12-13H2,1-2H3,(H,26,32)/t14-,20?,22-/m0/s1. The SMILES string of the molecule is CC[C@H](C)[C@H](NC(=O)OCC1c2ccccc2-c2ccccc21)C(=O)ON1C(=O)CC(O)C1=O. The maximum Gasteiger partial charge on any atom is 0.407 e. The lowest BCUT2D eigenvalue weighted by Gasteiger charge is -2.24. The van der Waals surface area contributed by atoms with Crippen LogP contribution in [0.25, 0.3) is 11.1 Å². The van der Waals surface area contributed by atoms with Gasteiger partial charge in [0, 0.05) is 5.92 Å². The molecule has 1 heterocycles. The fourth-order valence-corrected chi connectivity index (χ4v) is 4.27. The van der Waals surface area contributed by atoms with Crippen LogP contribution in [0.2, 0.25) is 0 Å². The lowest BCUT2D eigenvalue weighted by Crippen LogP contribution is -2.49. The molecule has 2 N–H and O–H groups in total. The van der Waals surface area contributed by atoms with E-state index in [1.165, 1.54) is 0 Å². The molecule has 1 fully saturated rings. The molecule has 2 aliphatic rings. The van der Waals surface area contributed by atoms with Gasteiger partial charge in [0.25, 0.3) is 11.8 Å². The van der Waals surface area contributed by atoms with Gasteiger partial charge in [-0.25, -0.2) is 9.59 Å². The number of fused-ring (bicyclic) bond motifs is 3. The number of alkyl carbamates (subject to hydrolysis) is 1. The van der Waals surface area contributed by atoms with E-state index < -0.39 is 42.4 Å². The minimum atomic E-state index is -1.54. The average molecular weight is 466 g/mol. The Morgan fingerprint density at radius 1 is 1.09 bits per heavy atom. The van der Waals surface area contributed by atoms with Crippen LogP contribution < -0.4 is 5.32 Å². The van der Waals surface area contributed by atoms with Crippen LogP contribution in [0, 0.1) is 5.92 Å². The van der Waals surface area contributed by atoms with Gasteiger partial charge < -0.3 is 20.0 Å². The third kappa shape index (κ3) is 4.38. The zero-order valence-corrected chi connectivity index (χ0v) is 18.9. The first-order chi connectivity index (χ1) is 16.3. The third-order valence-corrected chi connectivity index (χ3v) is 6.34. The summed E-state index contributed by atoms with van der Waals surface area (Å²) in [4.78, 5) is 54.0. The highest BCUT2D eigenvalue weighted by Crippen LogP contribution is 2.44. The number of hydroxylamine groups is 2. The van der Waals surface area contributed by atoms with E-state index in [9.17, 15) is 24.3 Å². The molecule has 3 amide bonds. The quantitative estimate of drug-likeness (QED) is 0.601. The van der Waals surface area contributed by atoms with Crippen molar-refractivity contribution in [2.45, 2.75) is 44.8 Å². The van der Waals surface area contributed by atoms with Crippen molar-refractivity contribution >= 4 is 23.9 Å². The molecule has 1 saturated heterocycles. The normalized spacial score (nSPS) is 18.8. The van der Waals surface area contributed by atoms with Gasteiger partial charge in [0.1, 0.15) is 18.8 Å². The number of imide groups is 1. The summed E-state index contributed by atoms with van der Waals surface area (Å²) in [5.74, 6) is -3.34. The molecule has 2 aromatic rings. The van der Waals surface area contributed by atoms with Gasteiger partial charge in [-0.15, -0.1) is 0 Å². The molecule has 4 rings (SSSR count). The van der Waals surface area contributed by atoms with E-state index in [-0.39, 0.29) is 23.5 Å². The minimum Gasteiger partial charge on any atom is -0.449 e. The van der Waals surface area contributed by atoms with Gasteiger partial charge in [-0.1, -0.05) is 73.9 Å². The Morgan fingerprint density at radius 2 is 1.68 bits per heavy atom. The first-order valence-corrected chi connectivity index (χ1v) is 11.2. The van der Waals surface area contributed by atoms with E-state index in [0.717, 1.165) is 22.3 Å². The Labute approximate surface area is 196 Å². The molecule has 1 aliphatic heterocycles. The molecule has 1 unspecified atom stereocenters. The molecule has 2 aromatic carbocycles. The van der Waals surface area contributed by atoms with Crippen molar-refractivity contribution in [2.24, 2.45) is 5.92 Å². The molecule has 0 spiro atoms. The maximum atomic E-state index is 12.7. The summed E-state index contributed by atoms with van der Waals surface area (Å²) in [5, 5.41) is 12.3. The number of ether oxygens (including phenoxy) is 1. The number of amides is 3. The van der Waals surface area contributed by atoms with Crippen LogP contribution in [0.4, 0.5) is 4.79 Å². The molecule has 9 nitrogen and oxygen atoms in total. The van der Waals surface area contributed by atoms with Crippen LogP contribution in [0.3, 0.4) is 0 Å². The lowest BCUT2D eigenvalue weighted by atomic mass is 9.98. The van der Waals surface area contributed by atoms with Crippen molar-refractivity contribution in [3.63, 3.8) is 0 Å². The van der Waals surface area contributed by atoms with Crippen molar-refractivity contribution < 1.29 is 33.9 Å². The van der Waals surface area contributed by atoms with Gasteiger partial charge in [0.2, 0.25) is 0 Å². The predicted molar refractivity (Wildman–Crippen MR) is 120 cm³/mol. The molecular formula is C25H26N2O7.